The summed E-state index contributed by atoms with van der Waals surface area (Å²) in [5.41, 5.74) is 2.71. The number of nitrogens with zero attached hydrogens (tertiary/aromatic N) is 4. The number of halogens is 1. The molecule has 10 heteroatoms. The van der Waals surface area contributed by atoms with Gasteiger partial charge in [0.25, 0.3) is 5.91 Å². The Kier molecular flexibility index (Phi) is 6.84. The highest BCUT2D eigenvalue weighted by atomic mass is 35.5. The average Bonchev–Trinajstić information content (AvgIpc) is 3.31. The van der Waals surface area contributed by atoms with Gasteiger partial charge in [-0.1, -0.05) is 35.4 Å². The first kappa shape index (κ1) is 23.8. The molecular formula is C26H20ClN5O3S. The number of aryl methyl sites for hydroxylation is 1. The molecule has 0 bridgehead atoms. The van der Waals surface area contributed by atoms with Gasteiger partial charge in [0.15, 0.2) is 5.84 Å². The van der Waals surface area contributed by atoms with Gasteiger partial charge in [-0.2, -0.15) is 15.1 Å². The number of hydrogen-bond donors (Lipinski definition) is 1. The Hall–Kier alpha value is -3.95. The van der Waals surface area contributed by atoms with Gasteiger partial charge in [-0.05, 0) is 66.7 Å². The molecule has 3 aromatic rings. The Bertz CT molecular complexity index is 1420. The minimum atomic E-state index is -0.508. The summed E-state index contributed by atoms with van der Waals surface area (Å²) in [7, 11) is 0. The van der Waals surface area contributed by atoms with Gasteiger partial charge in [-0.3, -0.25) is 15.2 Å². The van der Waals surface area contributed by atoms with E-state index in [2.05, 4.69) is 15.1 Å². The molecule has 2 aromatic carbocycles. The van der Waals surface area contributed by atoms with E-state index in [-0.39, 0.29) is 11.4 Å². The number of aliphatic imine (C=N–C) groups is 1. The van der Waals surface area contributed by atoms with Crippen molar-refractivity contribution in [1.82, 2.24) is 9.99 Å². The van der Waals surface area contributed by atoms with Crippen LogP contribution in [0.25, 0.3) is 6.08 Å². The number of carbonyl (C=O) groups is 1. The number of hydrazone groups is 1. The van der Waals surface area contributed by atoms with Crippen LogP contribution in [0.3, 0.4) is 0 Å². The summed E-state index contributed by atoms with van der Waals surface area (Å²) in [6, 6.07) is 16.6. The molecule has 5 rings (SSSR count). The quantitative estimate of drug-likeness (QED) is 0.343. The standard InChI is InChI=1S/C26H20ClN5O3S/c1-16-4-7-19(8-5-16)34-11-12-35-22-9-6-17(14-21(22)27)13-20-23(28)32-26(30-24(20)33)36-25(31-32)18-3-2-10-29-15-18/h2-10,13-15,28H,11-12H2,1H3/b20-13-,28-23?. The highest BCUT2D eigenvalue weighted by molar-refractivity contribution is 8.27. The first-order chi connectivity index (χ1) is 17.5. The third-order valence-electron chi connectivity index (χ3n) is 5.26. The van der Waals surface area contributed by atoms with E-state index in [0.29, 0.717) is 39.8 Å². The number of fused-ring (bicyclic) bond motifs is 1. The van der Waals surface area contributed by atoms with Crippen molar-refractivity contribution in [3.63, 3.8) is 0 Å². The highest BCUT2D eigenvalue weighted by Crippen LogP contribution is 2.32. The largest absolute Gasteiger partial charge is 0.490 e. The van der Waals surface area contributed by atoms with Crippen molar-refractivity contribution in [3.05, 3.63) is 94.3 Å². The van der Waals surface area contributed by atoms with Crippen LogP contribution >= 0.6 is 23.4 Å². The first-order valence-corrected chi connectivity index (χ1v) is 12.2. The van der Waals surface area contributed by atoms with Gasteiger partial charge in [0.05, 0.1) is 10.6 Å². The van der Waals surface area contributed by atoms with Gasteiger partial charge in [-0.15, -0.1) is 0 Å². The average molecular weight is 518 g/mol. The van der Waals surface area contributed by atoms with Gasteiger partial charge in [0.2, 0.25) is 5.17 Å². The zero-order valence-electron chi connectivity index (χ0n) is 19.1. The number of amides is 1. The van der Waals surface area contributed by atoms with E-state index in [0.717, 1.165) is 11.3 Å². The topological polar surface area (TPSA) is 100 Å². The fraction of sp³-hybridized carbons (Fsp3) is 0.115. The van der Waals surface area contributed by atoms with E-state index in [4.69, 9.17) is 26.5 Å². The molecule has 1 amide bonds. The number of thioether (sulfide) groups is 1. The molecule has 2 aliphatic rings. The zero-order chi connectivity index (χ0) is 25.1. The number of ether oxygens (including phenoxy) is 2. The van der Waals surface area contributed by atoms with Crippen LogP contribution in [-0.2, 0) is 4.79 Å². The van der Waals surface area contributed by atoms with Crippen LogP contribution in [0, 0.1) is 12.3 Å². The molecule has 180 valence electrons. The summed E-state index contributed by atoms with van der Waals surface area (Å²) in [5, 5.41) is 15.7. The summed E-state index contributed by atoms with van der Waals surface area (Å²) in [5.74, 6) is 0.710. The fourth-order valence-electron chi connectivity index (χ4n) is 3.43. The predicted octanol–water partition coefficient (Wildman–Crippen LogP) is 5.17. The SMILES string of the molecule is Cc1ccc(OCCOc2ccc(/C=C3/C(=N)N4N=C(c5cccnc5)SC4=NC3=O)cc2Cl)cc1. The summed E-state index contributed by atoms with van der Waals surface area (Å²) >= 11 is 7.63. The minimum Gasteiger partial charge on any atom is -0.490 e. The normalized spacial score (nSPS) is 16.1. The summed E-state index contributed by atoms with van der Waals surface area (Å²) < 4.78 is 11.4. The number of amidine groups is 2. The van der Waals surface area contributed by atoms with Crippen LogP contribution in [0.2, 0.25) is 5.02 Å². The summed E-state index contributed by atoms with van der Waals surface area (Å²) in [6.45, 7) is 2.70. The fourth-order valence-corrected chi connectivity index (χ4v) is 4.56. The van der Waals surface area contributed by atoms with E-state index < -0.39 is 5.91 Å². The van der Waals surface area contributed by atoms with E-state index in [9.17, 15) is 4.79 Å². The summed E-state index contributed by atoms with van der Waals surface area (Å²) in [6.07, 6.45) is 4.91. The lowest BCUT2D eigenvalue weighted by molar-refractivity contribution is -0.114. The number of rotatable bonds is 7. The van der Waals surface area contributed by atoms with Crippen LogP contribution in [0.1, 0.15) is 16.7 Å². The van der Waals surface area contributed by atoms with E-state index in [1.807, 2.05) is 37.3 Å². The van der Waals surface area contributed by atoms with Crippen molar-refractivity contribution in [1.29, 1.82) is 5.41 Å². The molecular weight excluding hydrogens is 498 g/mol. The van der Waals surface area contributed by atoms with Crippen molar-refractivity contribution in [2.75, 3.05) is 13.2 Å². The van der Waals surface area contributed by atoms with Crippen molar-refractivity contribution >= 4 is 51.4 Å². The second-order valence-corrected chi connectivity index (χ2v) is 9.23. The maximum Gasteiger partial charge on any atom is 0.283 e. The number of aromatic nitrogens is 1. The molecule has 3 heterocycles. The number of carbonyl (C=O) groups excluding carboxylic acids is 1. The number of hydrogen-bond acceptors (Lipinski definition) is 7. The number of benzene rings is 2. The lowest BCUT2D eigenvalue weighted by Crippen LogP contribution is -2.35. The van der Waals surface area contributed by atoms with Crippen LogP contribution in [-0.4, -0.2) is 45.2 Å². The second-order valence-electron chi connectivity index (χ2n) is 7.87. The second kappa shape index (κ2) is 10.3. The molecule has 0 saturated heterocycles. The van der Waals surface area contributed by atoms with E-state index >= 15 is 0 Å². The minimum absolute atomic E-state index is 0.0545. The molecule has 0 spiro atoms. The van der Waals surface area contributed by atoms with E-state index in [1.54, 1.807) is 42.7 Å². The molecule has 36 heavy (non-hydrogen) atoms. The van der Waals surface area contributed by atoms with Gasteiger partial charge < -0.3 is 9.47 Å². The van der Waals surface area contributed by atoms with Crippen LogP contribution in [0.5, 0.6) is 11.5 Å². The Labute approximate surface area is 216 Å². The van der Waals surface area contributed by atoms with Crippen molar-refractivity contribution in [2.24, 2.45) is 10.1 Å². The zero-order valence-corrected chi connectivity index (χ0v) is 20.7. The van der Waals surface area contributed by atoms with Crippen molar-refractivity contribution in [2.45, 2.75) is 6.92 Å². The summed E-state index contributed by atoms with van der Waals surface area (Å²) in [4.78, 5) is 20.9. The molecule has 0 unspecified atom stereocenters. The molecule has 0 radical (unpaired) electrons. The molecule has 8 nitrogen and oxygen atoms in total. The predicted molar refractivity (Wildman–Crippen MR) is 142 cm³/mol. The lowest BCUT2D eigenvalue weighted by Gasteiger charge is -2.20. The number of nitrogens with one attached hydrogen (secondary N) is 1. The molecule has 0 aliphatic carbocycles. The van der Waals surface area contributed by atoms with Crippen molar-refractivity contribution in [3.8, 4) is 11.5 Å². The lowest BCUT2D eigenvalue weighted by atomic mass is 10.1. The molecule has 1 N–H and O–H groups in total. The maximum absolute atomic E-state index is 12.7. The Morgan fingerprint density at radius 1 is 1.11 bits per heavy atom. The van der Waals surface area contributed by atoms with Crippen LogP contribution in [0.15, 0.2) is 82.7 Å². The molecule has 0 fully saturated rings. The smallest absolute Gasteiger partial charge is 0.283 e. The maximum atomic E-state index is 12.7. The van der Waals surface area contributed by atoms with Gasteiger partial charge in [0, 0.05) is 18.0 Å². The molecule has 0 saturated carbocycles. The molecule has 1 aromatic heterocycles. The monoisotopic (exact) mass is 517 g/mol. The van der Waals surface area contributed by atoms with Gasteiger partial charge >= 0.3 is 0 Å². The first-order valence-electron chi connectivity index (χ1n) is 11.0. The molecule has 2 aliphatic heterocycles. The Morgan fingerprint density at radius 3 is 2.67 bits per heavy atom. The highest BCUT2D eigenvalue weighted by Gasteiger charge is 2.36. The number of pyridine rings is 1. The third-order valence-corrected chi connectivity index (χ3v) is 6.51. The van der Waals surface area contributed by atoms with Crippen molar-refractivity contribution < 1.29 is 14.3 Å². The van der Waals surface area contributed by atoms with E-state index in [1.165, 1.54) is 22.3 Å². The Balaban J connectivity index is 1.25. The van der Waals surface area contributed by atoms with Gasteiger partial charge in [-0.25, -0.2) is 0 Å². The van der Waals surface area contributed by atoms with Gasteiger partial charge in [0.1, 0.15) is 29.8 Å². The molecule has 0 atom stereocenters. The van der Waals surface area contributed by atoms with Crippen LogP contribution in [0.4, 0.5) is 0 Å². The third kappa shape index (κ3) is 5.17. The van der Waals surface area contributed by atoms with Crippen LogP contribution < -0.4 is 9.47 Å². The Morgan fingerprint density at radius 2 is 1.92 bits per heavy atom.